The van der Waals surface area contributed by atoms with E-state index in [1.807, 2.05) is 18.2 Å². The van der Waals surface area contributed by atoms with E-state index in [0.717, 1.165) is 35.2 Å². The van der Waals surface area contributed by atoms with Crippen LogP contribution in [0.5, 0.6) is 5.75 Å². The first kappa shape index (κ1) is 11.5. The molecule has 0 amide bonds. The molecule has 2 aromatic rings. The molecule has 1 heterocycles. The van der Waals surface area contributed by atoms with Crippen LogP contribution in [0.2, 0.25) is 0 Å². The fraction of sp³-hybridized carbons (Fsp3) is 0.400. The Labute approximate surface area is 107 Å². The molecule has 2 N–H and O–H groups in total. The number of aromatic nitrogens is 1. The van der Waals surface area contributed by atoms with Crippen LogP contribution in [-0.2, 0) is 5.54 Å². The molecular formula is C15H18N2O. The molecule has 1 aromatic heterocycles. The third kappa shape index (κ3) is 1.85. The van der Waals surface area contributed by atoms with Crippen molar-refractivity contribution in [2.24, 2.45) is 5.73 Å². The number of nitrogens with two attached hydrogens (primary N) is 1. The minimum absolute atomic E-state index is 0.214. The largest absolute Gasteiger partial charge is 0.497 e. The summed E-state index contributed by atoms with van der Waals surface area (Å²) in [4.78, 5) is 4.72. The molecule has 0 saturated heterocycles. The number of hydrogen-bond acceptors (Lipinski definition) is 3. The van der Waals surface area contributed by atoms with Gasteiger partial charge in [-0.1, -0.05) is 18.9 Å². The molecule has 18 heavy (non-hydrogen) atoms. The highest BCUT2D eigenvalue weighted by Gasteiger charge is 2.32. The predicted molar refractivity (Wildman–Crippen MR) is 72.6 cm³/mol. The van der Waals surface area contributed by atoms with Crippen molar-refractivity contribution < 1.29 is 4.74 Å². The van der Waals surface area contributed by atoms with E-state index in [-0.39, 0.29) is 5.54 Å². The van der Waals surface area contributed by atoms with Crippen LogP contribution in [0.15, 0.2) is 30.3 Å². The van der Waals surface area contributed by atoms with Gasteiger partial charge in [0.1, 0.15) is 5.75 Å². The number of hydrogen-bond donors (Lipinski definition) is 1. The van der Waals surface area contributed by atoms with Crippen molar-refractivity contribution in [2.45, 2.75) is 31.2 Å². The number of methoxy groups -OCH3 is 1. The van der Waals surface area contributed by atoms with Crippen molar-refractivity contribution in [3.8, 4) is 5.75 Å². The maximum atomic E-state index is 6.44. The Kier molecular flexibility index (Phi) is 2.71. The topological polar surface area (TPSA) is 48.1 Å². The Bertz CT molecular complexity index is 574. The van der Waals surface area contributed by atoms with E-state index < -0.39 is 0 Å². The summed E-state index contributed by atoms with van der Waals surface area (Å²) in [6.07, 6.45) is 4.50. The van der Waals surface area contributed by atoms with Gasteiger partial charge in [0.25, 0.3) is 0 Å². The third-order valence-corrected chi connectivity index (χ3v) is 3.90. The molecule has 3 nitrogen and oxygen atoms in total. The zero-order chi connectivity index (χ0) is 12.6. The summed E-state index contributed by atoms with van der Waals surface area (Å²) in [6, 6.07) is 10.1. The quantitative estimate of drug-likeness (QED) is 0.880. The van der Waals surface area contributed by atoms with E-state index >= 15 is 0 Å². The van der Waals surface area contributed by atoms with Crippen molar-refractivity contribution in [3.63, 3.8) is 0 Å². The summed E-state index contributed by atoms with van der Waals surface area (Å²) in [5.41, 5.74) is 8.24. The third-order valence-electron chi connectivity index (χ3n) is 3.90. The second-order valence-corrected chi connectivity index (χ2v) is 5.12. The maximum absolute atomic E-state index is 6.44. The normalized spacial score (nSPS) is 18.1. The van der Waals surface area contributed by atoms with E-state index in [1.165, 1.54) is 12.8 Å². The lowest BCUT2D eigenvalue weighted by Crippen LogP contribution is -2.34. The number of fused-ring (bicyclic) bond motifs is 1. The molecule has 0 atom stereocenters. The SMILES string of the molecule is COc1ccc2nc(C3(N)CCCC3)ccc2c1. The van der Waals surface area contributed by atoms with E-state index in [2.05, 4.69) is 12.1 Å². The van der Waals surface area contributed by atoms with Crippen molar-refractivity contribution in [2.75, 3.05) is 7.11 Å². The summed E-state index contributed by atoms with van der Waals surface area (Å²) in [5, 5.41) is 1.10. The Hall–Kier alpha value is -1.61. The van der Waals surface area contributed by atoms with Crippen molar-refractivity contribution >= 4 is 10.9 Å². The van der Waals surface area contributed by atoms with Gasteiger partial charge in [0, 0.05) is 5.39 Å². The van der Waals surface area contributed by atoms with Crippen LogP contribution in [-0.4, -0.2) is 12.1 Å². The molecule has 3 rings (SSSR count). The van der Waals surface area contributed by atoms with Gasteiger partial charge in [0.05, 0.1) is 23.9 Å². The maximum Gasteiger partial charge on any atom is 0.119 e. The molecule has 3 heteroatoms. The summed E-state index contributed by atoms with van der Waals surface area (Å²) < 4.78 is 5.22. The lowest BCUT2D eigenvalue weighted by atomic mass is 9.93. The molecule has 0 aliphatic heterocycles. The van der Waals surface area contributed by atoms with Crippen LogP contribution in [0, 0.1) is 0 Å². The minimum Gasteiger partial charge on any atom is -0.497 e. The standard InChI is InChI=1S/C15H18N2O/c1-18-12-5-6-13-11(10-12)4-7-14(17-13)15(16)8-2-3-9-15/h4-7,10H,2-3,8-9,16H2,1H3. The number of nitrogens with zero attached hydrogens (tertiary/aromatic N) is 1. The Morgan fingerprint density at radius 2 is 1.94 bits per heavy atom. The van der Waals surface area contributed by atoms with Crippen LogP contribution in [0.1, 0.15) is 31.4 Å². The first-order valence-electron chi connectivity index (χ1n) is 6.45. The first-order valence-corrected chi connectivity index (χ1v) is 6.45. The smallest absolute Gasteiger partial charge is 0.119 e. The molecule has 94 valence electrons. The summed E-state index contributed by atoms with van der Waals surface area (Å²) in [6.45, 7) is 0. The molecular weight excluding hydrogens is 224 g/mol. The van der Waals surface area contributed by atoms with Crippen LogP contribution in [0.4, 0.5) is 0 Å². The fourth-order valence-corrected chi connectivity index (χ4v) is 2.77. The molecule has 0 spiro atoms. The Morgan fingerprint density at radius 1 is 1.17 bits per heavy atom. The van der Waals surface area contributed by atoms with Crippen LogP contribution in [0.25, 0.3) is 10.9 Å². The van der Waals surface area contributed by atoms with Crippen LogP contribution in [0.3, 0.4) is 0 Å². The van der Waals surface area contributed by atoms with Crippen molar-refractivity contribution in [1.29, 1.82) is 0 Å². The minimum atomic E-state index is -0.214. The second-order valence-electron chi connectivity index (χ2n) is 5.12. The average molecular weight is 242 g/mol. The average Bonchev–Trinajstić information content (AvgIpc) is 2.85. The highest BCUT2D eigenvalue weighted by molar-refractivity contribution is 5.80. The van der Waals surface area contributed by atoms with Gasteiger partial charge in [0.2, 0.25) is 0 Å². The van der Waals surface area contributed by atoms with Gasteiger partial charge < -0.3 is 10.5 Å². The lowest BCUT2D eigenvalue weighted by Gasteiger charge is -2.23. The molecule has 1 aliphatic rings. The van der Waals surface area contributed by atoms with E-state index in [4.69, 9.17) is 15.5 Å². The Morgan fingerprint density at radius 3 is 2.67 bits per heavy atom. The predicted octanol–water partition coefficient (Wildman–Crippen LogP) is 2.97. The number of benzene rings is 1. The molecule has 1 saturated carbocycles. The molecule has 1 fully saturated rings. The zero-order valence-electron chi connectivity index (χ0n) is 10.6. The number of pyridine rings is 1. The van der Waals surface area contributed by atoms with Crippen molar-refractivity contribution in [1.82, 2.24) is 4.98 Å². The van der Waals surface area contributed by atoms with E-state index in [1.54, 1.807) is 7.11 Å². The van der Waals surface area contributed by atoms with Gasteiger partial charge in [-0.25, -0.2) is 0 Å². The van der Waals surface area contributed by atoms with E-state index in [0.29, 0.717) is 0 Å². The molecule has 1 aliphatic carbocycles. The van der Waals surface area contributed by atoms with Gasteiger partial charge in [-0.3, -0.25) is 4.98 Å². The molecule has 1 aromatic carbocycles. The van der Waals surface area contributed by atoms with Crippen molar-refractivity contribution in [3.05, 3.63) is 36.0 Å². The number of rotatable bonds is 2. The lowest BCUT2D eigenvalue weighted by molar-refractivity contribution is 0.415. The Balaban J connectivity index is 2.06. The van der Waals surface area contributed by atoms with Gasteiger partial charge in [0.15, 0.2) is 0 Å². The summed E-state index contributed by atoms with van der Waals surface area (Å²) in [5.74, 6) is 0.861. The molecule has 0 bridgehead atoms. The number of ether oxygens (including phenoxy) is 1. The zero-order valence-corrected chi connectivity index (χ0v) is 10.6. The van der Waals surface area contributed by atoms with Gasteiger partial charge in [-0.05, 0) is 37.1 Å². The summed E-state index contributed by atoms with van der Waals surface area (Å²) >= 11 is 0. The fourth-order valence-electron chi connectivity index (χ4n) is 2.77. The molecule has 0 unspecified atom stereocenters. The van der Waals surface area contributed by atoms with E-state index in [9.17, 15) is 0 Å². The molecule has 0 radical (unpaired) electrons. The van der Waals surface area contributed by atoms with Gasteiger partial charge in [-0.2, -0.15) is 0 Å². The first-order chi connectivity index (χ1) is 8.71. The monoisotopic (exact) mass is 242 g/mol. The second kappa shape index (κ2) is 4.25. The van der Waals surface area contributed by atoms with Gasteiger partial charge in [-0.15, -0.1) is 0 Å². The van der Waals surface area contributed by atoms with Crippen LogP contribution < -0.4 is 10.5 Å². The van der Waals surface area contributed by atoms with Gasteiger partial charge >= 0.3 is 0 Å². The highest BCUT2D eigenvalue weighted by Crippen LogP contribution is 2.36. The highest BCUT2D eigenvalue weighted by atomic mass is 16.5. The van der Waals surface area contributed by atoms with Crippen LogP contribution >= 0.6 is 0 Å². The summed E-state index contributed by atoms with van der Waals surface area (Å²) in [7, 11) is 1.68.